The van der Waals surface area contributed by atoms with Crippen molar-refractivity contribution in [3.8, 4) is 11.1 Å². The number of para-hydroxylation sites is 1. The number of benzene rings is 4. The van der Waals surface area contributed by atoms with Crippen LogP contribution in [0.5, 0.6) is 0 Å². The molecule has 0 saturated carbocycles. The third kappa shape index (κ3) is 20.3. The maximum Gasteiger partial charge on any atom is 0.407 e. The van der Waals surface area contributed by atoms with Crippen LogP contribution in [0.2, 0.25) is 0 Å². The number of nitrogens with one attached hydrogen (secondary N) is 8. The fraction of sp³-hybridized carbons (Fsp3) is 0.415. The minimum absolute atomic E-state index is 0.0330. The van der Waals surface area contributed by atoms with E-state index in [4.69, 9.17) is 24.7 Å². The molecule has 0 aliphatic heterocycles. The van der Waals surface area contributed by atoms with E-state index in [9.17, 15) is 47.9 Å². The van der Waals surface area contributed by atoms with Crippen LogP contribution in [-0.2, 0) is 70.1 Å². The second kappa shape index (κ2) is 31.2. The molecule has 8 amide bonds. The average molecular weight is 1210 g/mol. The Morgan fingerprint density at radius 1 is 0.591 bits per heavy atom. The lowest BCUT2D eigenvalue weighted by Gasteiger charge is -2.29. The molecule has 23 heteroatoms. The van der Waals surface area contributed by atoms with E-state index in [1.54, 1.807) is 98.0 Å². The maximum atomic E-state index is 15.0. The summed E-state index contributed by atoms with van der Waals surface area (Å²) in [5, 5.41) is 19.2. The number of ether oxygens (including phenoxy) is 4. The zero-order valence-electron chi connectivity index (χ0n) is 51.0. The second-order valence-corrected chi connectivity index (χ2v) is 23.7. The Bertz CT molecular complexity index is 3270. The number of alkyl carbamates (subject to hydrolysis) is 2. The fourth-order valence-electron chi connectivity index (χ4n) is 9.91. The van der Waals surface area contributed by atoms with Crippen LogP contribution in [0.4, 0.5) is 9.59 Å². The topological polar surface area (TPSA) is 334 Å². The monoisotopic (exact) mass is 1210 g/mol. The summed E-state index contributed by atoms with van der Waals surface area (Å²) >= 11 is 0. The molecule has 0 radical (unpaired) electrons. The molecule has 0 spiro atoms. The number of hydrogen-bond acceptors (Lipinski definition) is 14. The Balaban J connectivity index is 1.27. The Morgan fingerprint density at radius 2 is 1.14 bits per heavy atom. The van der Waals surface area contributed by atoms with Crippen molar-refractivity contribution in [2.24, 2.45) is 11.7 Å². The minimum Gasteiger partial charge on any atom is -0.460 e. The van der Waals surface area contributed by atoms with Crippen LogP contribution in [-0.4, -0.2) is 132 Å². The third-order valence-electron chi connectivity index (χ3n) is 14.0. The number of nitrogens with two attached hydrogens (primary N) is 1. The summed E-state index contributed by atoms with van der Waals surface area (Å²) in [6.45, 7) is 16.4. The van der Waals surface area contributed by atoms with Gasteiger partial charge >= 0.3 is 24.1 Å². The van der Waals surface area contributed by atoms with Crippen molar-refractivity contribution in [2.75, 3.05) is 19.8 Å². The van der Waals surface area contributed by atoms with Crippen LogP contribution in [0, 0.1) is 5.92 Å². The molecule has 0 fully saturated rings. The molecular weight excluding hydrogens is 1130 g/mol. The highest BCUT2D eigenvalue weighted by molar-refractivity contribution is 5.98. The van der Waals surface area contributed by atoms with Crippen molar-refractivity contribution >= 4 is 70.5 Å². The zero-order chi connectivity index (χ0) is 64.3. The number of carbonyl (C=O) groups is 10. The lowest BCUT2D eigenvalue weighted by Crippen LogP contribution is -2.61. The van der Waals surface area contributed by atoms with Gasteiger partial charge in [-0.2, -0.15) is 0 Å². The molecule has 0 saturated heterocycles. The quantitative estimate of drug-likeness (QED) is 0.0122. The molecular formula is C65H81N9O14. The Morgan fingerprint density at radius 3 is 1.75 bits per heavy atom. The number of esters is 2. The standard InChI is InChI=1S/C65H81N9O14/c1-10-31-85-61(82)52(34-53(66)75)72-57(78)49(32-39-21-12-11-13-22-39)70-56(77)48(29-20-30-67-62(83)88-65(7,8)9)69-60(81)55(38(2)3)74-59(80)50(33-40-36-68-47-28-19-18-23-41(40)47)71-58(79)51(35-54(76)87-64(4,5)6)73-63(84)86-37-46-44-26-16-14-24-42(44)43-25-15-17-27-45(43)46/h10-19,21-28,36,38,46,48-52,55,68H,1,20,29-35,37H2,2-9H3,(H2,66,75)(H,67,83)(H,69,81)(H,70,77)(H,71,79)(H,72,78)(H,73,84)(H,74,80)/t48-,49+,50-,51-,52+,55-/m0/s1. The number of hydrogen-bond donors (Lipinski definition) is 9. The van der Waals surface area contributed by atoms with Crippen LogP contribution in [0.3, 0.4) is 0 Å². The number of aromatic amines is 1. The van der Waals surface area contributed by atoms with E-state index in [0.29, 0.717) is 22.0 Å². The first-order chi connectivity index (χ1) is 41.7. The molecule has 0 bridgehead atoms. The van der Waals surface area contributed by atoms with Crippen LogP contribution >= 0.6 is 0 Å². The van der Waals surface area contributed by atoms with E-state index in [1.807, 2.05) is 66.7 Å². The summed E-state index contributed by atoms with van der Waals surface area (Å²) in [6, 6.07) is 22.3. The van der Waals surface area contributed by atoms with Gasteiger partial charge in [-0.05, 0) is 99.7 Å². The molecule has 88 heavy (non-hydrogen) atoms. The van der Waals surface area contributed by atoms with Gasteiger partial charge in [0.05, 0.1) is 12.8 Å². The number of fused-ring (bicyclic) bond motifs is 4. The molecule has 10 N–H and O–H groups in total. The highest BCUT2D eigenvalue weighted by atomic mass is 16.6. The van der Waals surface area contributed by atoms with E-state index in [1.165, 1.54) is 6.08 Å². The fourth-order valence-corrected chi connectivity index (χ4v) is 9.91. The summed E-state index contributed by atoms with van der Waals surface area (Å²) in [6.07, 6.45) is -0.538. The van der Waals surface area contributed by atoms with Gasteiger partial charge in [-0.1, -0.05) is 124 Å². The summed E-state index contributed by atoms with van der Waals surface area (Å²) in [7, 11) is 0. The first-order valence-electron chi connectivity index (χ1n) is 29.2. The van der Waals surface area contributed by atoms with Gasteiger partial charge in [0.2, 0.25) is 35.4 Å². The molecule has 6 rings (SSSR count). The van der Waals surface area contributed by atoms with Gasteiger partial charge in [-0.3, -0.25) is 33.6 Å². The number of carbonyl (C=O) groups excluding carboxylic acids is 10. The number of H-pyrrole nitrogens is 1. The molecule has 6 atom stereocenters. The first-order valence-corrected chi connectivity index (χ1v) is 29.2. The van der Waals surface area contributed by atoms with Gasteiger partial charge in [0.15, 0.2) is 0 Å². The van der Waals surface area contributed by atoms with Gasteiger partial charge in [0, 0.05) is 42.4 Å². The van der Waals surface area contributed by atoms with Crippen molar-refractivity contribution in [3.63, 3.8) is 0 Å². The number of aromatic nitrogens is 1. The zero-order valence-corrected chi connectivity index (χ0v) is 51.0. The molecule has 1 heterocycles. The molecule has 5 aromatic rings. The van der Waals surface area contributed by atoms with E-state index in [-0.39, 0.29) is 51.4 Å². The summed E-state index contributed by atoms with van der Waals surface area (Å²) in [4.78, 5) is 141. The number of rotatable bonds is 29. The molecule has 23 nitrogen and oxygen atoms in total. The first kappa shape index (κ1) is 67.6. The predicted molar refractivity (Wildman–Crippen MR) is 328 cm³/mol. The SMILES string of the molecule is C=CCOC(=O)[C@@H](CC(N)=O)NC(=O)[C@@H](Cc1ccccc1)NC(=O)[C@H](CCCNC(=O)OC(C)(C)C)NC(=O)[C@@H](NC(=O)[C@H](Cc1c[nH]c2ccccc12)NC(=O)[C@H](CC(=O)OC(C)(C)C)NC(=O)OCC1c2ccccc2-c2ccccc21)C(C)C. The normalized spacial score (nSPS) is 14.0. The van der Waals surface area contributed by atoms with Crippen molar-refractivity contribution in [1.82, 2.24) is 42.2 Å². The van der Waals surface area contributed by atoms with Crippen molar-refractivity contribution in [1.29, 1.82) is 0 Å². The minimum atomic E-state index is -1.65. The summed E-state index contributed by atoms with van der Waals surface area (Å²) < 4.78 is 21.8. The van der Waals surface area contributed by atoms with Gasteiger partial charge in [0.25, 0.3) is 0 Å². The molecule has 1 aliphatic rings. The lowest BCUT2D eigenvalue weighted by molar-refractivity contribution is -0.156. The smallest absolute Gasteiger partial charge is 0.407 e. The van der Waals surface area contributed by atoms with Crippen molar-refractivity contribution in [3.05, 3.63) is 144 Å². The lowest BCUT2D eigenvalue weighted by atomic mass is 9.98. The molecule has 1 aromatic heterocycles. The van der Waals surface area contributed by atoms with E-state index < -0.39 is 126 Å². The van der Waals surface area contributed by atoms with E-state index in [0.717, 1.165) is 22.3 Å². The van der Waals surface area contributed by atoms with Gasteiger partial charge < -0.3 is 66.9 Å². The predicted octanol–water partition coefficient (Wildman–Crippen LogP) is 5.58. The number of amides is 8. The average Bonchev–Trinajstić information content (AvgIpc) is 1.71. The Kier molecular flexibility index (Phi) is 24.0. The highest BCUT2D eigenvalue weighted by Crippen LogP contribution is 2.44. The van der Waals surface area contributed by atoms with Crippen LogP contribution in [0.1, 0.15) is 109 Å². The summed E-state index contributed by atoms with van der Waals surface area (Å²) in [5.74, 6) is -8.30. The van der Waals surface area contributed by atoms with Crippen LogP contribution in [0.15, 0.2) is 122 Å². The van der Waals surface area contributed by atoms with Crippen molar-refractivity contribution in [2.45, 2.75) is 147 Å². The summed E-state index contributed by atoms with van der Waals surface area (Å²) in [5.41, 5.74) is 9.36. The highest BCUT2D eigenvalue weighted by Gasteiger charge is 2.37. The molecule has 1 aliphatic carbocycles. The Hall–Kier alpha value is -9.54. The van der Waals surface area contributed by atoms with Crippen LogP contribution in [0.25, 0.3) is 22.0 Å². The Labute approximate surface area is 511 Å². The van der Waals surface area contributed by atoms with Gasteiger partial charge in [0.1, 0.15) is 60.7 Å². The van der Waals surface area contributed by atoms with E-state index in [2.05, 4.69) is 48.8 Å². The van der Waals surface area contributed by atoms with Crippen molar-refractivity contribution < 1.29 is 66.9 Å². The molecule has 470 valence electrons. The van der Waals surface area contributed by atoms with Crippen LogP contribution < -0.4 is 43.0 Å². The second-order valence-electron chi connectivity index (χ2n) is 23.7. The largest absolute Gasteiger partial charge is 0.460 e. The van der Waals surface area contributed by atoms with Gasteiger partial charge in [-0.25, -0.2) is 14.4 Å². The molecule has 4 aromatic carbocycles. The third-order valence-corrected chi connectivity index (χ3v) is 14.0. The number of primary amides is 1. The van der Waals surface area contributed by atoms with E-state index >= 15 is 0 Å². The maximum absolute atomic E-state index is 15.0. The molecule has 0 unspecified atom stereocenters. The van der Waals surface area contributed by atoms with Gasteiger partial charge in [-0.15, -0.1) is 0 Å².